The SMILES string of the molecule is CC(C)(C)OC(=O)N1CCS(=O)(=O)C[C@H]1c1ncc(-c2ccc(B3OC(C)(C)C(C)(C)O3)cc2)[nH]1. The average molecular weight is 503 g/mol. The Balaban J connectivity index is 1.55. The summed E-state index contributed by atoms with van der Waals surface area (Å²) < 4.78 is 42.5. The van der Waals surface area contributed by atoms with Crippen LogP contribution < -0.4 is 5.46 Å². The van der Waals surface area contributed by atoms with Crippen molar-refractivity contribution in [3.8, 4) is 11.3 Å². The summed E-state index contributed by atoms with van der Waals surface area (Å²) in [6.07, 6.45) is 1.09. The number of nitrogens with one attached hydrogen (secondary N) is 1. The van der Waals surface area contributed by atoms with Gasteiger partial charge in [-0.1, -0.05) is 24.3 Å². The maximum Gasteiger partial charge on any atom is 0.494 e. The minimum absolute atomic E-state index is 0.0563. The summed E-state index contributed by atoms with van der Waals surface area (Å²) in [6, 6.07) is 7.00. The van der Waals surface area contributed by atoms with Crippen molar-refractivity contribution in [2.45, 2.75) is 71.3 Å². The van der Waals surface area contributed by atoms with Crippen LogP contribution in [-0.2, 0) is 23.9 Å². The standard InChI is InChI=1S/C24H34BN3O6S/c1-22(2,3)32-21(29)28-12-13-35(30,31)15-19(28)20-26-14-18(27-20)16-8-10-17(11-9-16)25-33-23(4,5)24(6,7)34-25/h8-11,14,19H,12-13,15H2,1-7H3,(H,26,27)/t19-/m0/s1. The number of aromatic amines is 1. The first kappa shape index (κ1) is 25.7. The molecular formula is C24H34BN3O6S. The fourth-order valence-electron chi connectivity index (χ4n) is 4.02. The maximum atomic E-state index is 12.8. The lowest BCUT2D eigenvalue weighted by Gasteiger charge is -2.35. The number of sulfone groups is 1. The number of rotatable bonds is 3. The second-order valence-electron chi connectivity index (χ2n) is 11.2. The van der Waals surface area contributed by atoms with E-state index in [1.807, 2.05) is 52.0 Å². The van der Waals surface area contributed by atoms with Gasteiger partial charge in [-0.25, -0.2) is 18.2 Å². The topological polar surface area (TPSA) is 111 Å². The lowest BCUT2D eigenvalue weighted by molar-refractivity contribution is 0.00578. The Kier molecular flexibility index (Phi) is 6.35. The van der Waals surface area contributed by atoms with Crippen LogP contribution in [0, 0.1) is 0 Å². The van der Waals surface area contributed by atoms with Crippen LogP contribution in [0.3, 0.4) is 0 Å². The van der Waals surface area contributed by atoms with Crippen LogP contribution in [-0.4, -0.2) is 71.4 Å². The molecule has 4 rings (SSSR count). The lowest BCUT2D eigenvalue weighted by Crippen LogP contribution is -2.48. The van der Waals surface area contributed by atoms with E-state index < -0.39 is 45.9 Å². The smallest absolute Gasteiger partial charge is 0.444 e. The molecule has 0 unspecified atom stereocenters. The van der Waals surface area contributed by atoms with Gasteiger partial charge in [0.25, 0.3) is 0 Å². The third-order valence-corrected chi connectivity index (χ3v) is 8.35. The molecule has 35 heavy (non-hydrogen) atoms. The summed E-state index contributed by atoms with van der Waals surface area (Å²) in [4.78, 5) is 21.9. The van der Waals surface area contributed by atoms with Crippen molar-refractivity contribution in [3.63, 3.8) is 0 Å². The summed E-state index contributed by atoms with van der Waals surface area (Å²) in [5, 5.41) is 0. The van der Waals surface area contributed by atoms with E-state index in [4.69, 9.17) is 14.0 Å². The highest BCUT2D eigenvalue weighted by Gasteiger charge is 2.51. The molecule has 1 amide bonds. The molecule has 3 heterocycles. The second kappa shape index (κ2) is 8.64. The molecule has 0 saturated carbocycles. The van der Waals surface area contributed by atoms with E-state index in [1.165, 1.54) is 4.90 Å². The average Bonchev–Trinajstić information content (AvgIpc) is 3.28. The Bertz CT molecular complexity index is 1180. The van der Waals surface area contributed by atoms with Gasteiger partial charge in [-0.15, -0.1) is 0 Å². The summed E-state index contributed by atoms with van der Waals surface area (Å²) >= 11 is 0. The molecule has 2 aromatic rings. The molecule has 1 aromatic heterocycles. The molecular weight excluding hydrogens is 469 g/mol. The highest BCUT2D eigenvalue weighted by molar-refractivity contribution is 7.91. The molecule has 9 nitrogen and oxygen atoms in total. The molecule has 0 radical (unpaired) electrons. The molecule has 0 spiro atoms. The Morgan fingerprint density at radius 2 is 1.74 bits per heavy atom. The fraction of sp³-hybridized carbons (Fsp3) is 0.583. The van der Waals surface area contributed by atoms with E-state index in [0.717, 1.165) is 11.0 Å². The maximum absolute atomic E-state index is 12.8. The molecule has 2 aliphatic rings. The minimum atomic E-state index is -3.32. The van der Waals surface area contributed by atoms with Crippen molar-refractivity contribution in [2.24, 2.45) is 0 Å². The molecule has 2 saturated heterocycles. The number of ether oxygens (including phenoxy) is 1. The summed E-state index contributed by atoms with van der Waals surface area (Å²) in [7, 11) is -3.77. The van der Waals surface area contributed by atoms with E-state index >= 15 is 0 Å². The van der Waals surface area contributed by atoms with Crippen molar-refractivity contribution in [2.75, 3.05) is 18.1 Å². The molecule has 2 aliphatic heterocycles. The number of hydrogen-bond donors (Lipinski definition) is 1. The Morgan fingerprint density at radius 3 is 2.31 bits per heavy atom. The predicted molar refractivity (Wildman–Crippen MR) is 134 cm³/mol. The van der Waals surface area contributed by atoms with Gasteiger partial charge in [0.05, 0.1) is 34.6 Å². The third kappa shape index (κ3) is 5.41. The Morgan fingerprint density at radius 1 is 1.14 bits per heavy atom. The van der Waals surface area contributed by atoms with E-state index in [0.29, 0.717) is 11.5 Å². The number of hydrogen-bond acceptors (Lipinski definition) is 7. The zero-order valence-electron chi connectivity index (χ0n) is 21.4. The van der Waals surface area contributed by atoms with Crippen LogP contribution >= 0.6 is 0 Å². The first-order chi connectivity index (χ1) is 16.1. The molecule has 11 heteroatoms. The van der Waals surface area contributed by atoms with Crippen molar-refractivity contribution in [1.82, 2.24) is 14.9 Å². The van der Waals surface area contributed by atoms with Gasteiger partial charge in [-0.05, 0) is 59.5 Å². The highest BCUT2D eigenvalue weighted by Crippen LogP contribution is 2.36. The first-order valence-electron chi connectivity index (χ1n) is 11.8. The fourth-order valence-corrected chi connectivity index (χ4v) is 5.48. The van der Waals surface area contributed by atoms with Gasteiger partial charge >= 0.3 is 13.2 Å². The number of amides is 1. The molecule has 2 fully saturated rings. The molecule has 1 N–H and O–H groups in total. The van der Waals surface area contributed by atoms with Gasteiger partial charge in [-0.2, -0.15) is 0 Å². The number of aromatic nitrogens is 2. The predicted octanol–water partition coefficient (Wildman–Crippen LogP) is 3.08. The van der Waals surface area contributed by atoms with Gasteiger partial charge in [0.1, 0.15) is 17.5 Å². The molecule has 1 atom stereocenters. The molecule has 1 aromatic carbocycles. The zero-order chi connectivity index (χ0) is 25.8. The summed E-state index contributed by atoms with van der Waals surface area (Å²) in [5.74, 6) is 0.0979. The number of benzene rings is 1. The van der Waals surface area contributed by atoms with Gasteiger partial charge in [0, 0.05) is 6.54 Å². The van der Waals surface area contributed by atoms with Crippen LogP contribution in [0.15, 0.2) is 30.5 Å². The van der Waals surface area contributed by atoms with Crippen LogP contribution in [0.25, 0.3) is 11.3 Å². The van der Waals surface area contributed by atoms with Crippen molar-refractivity contribution in [3.05, 3.63) is 36.3 Å². The Hall–Kier alpha value is -2.37. The number of nitrogens with zero attached hydrogens (tertiary/aromatic N) is 2. The third-order valence-electron chi connectivity index (χ3n) is 6.72. The summed E-state index contributed by atoms with van der Waals surface area (Å²) in [6.45, 7) is 13.4. The number of H-pyrrole nitrogens is 1. The quantitative estimate of drug-likeness (QED) is 0.641. The van der Waals surface area contributed by atoms with E-state index in [2.05, 4.69) is 9.97 Å². The summed E-state index contributed by atoms with van der Waals surface area (Å²) in [5.41, 5.74) is 0.954. The van der Waals surface area contributed by atoms with Crippen LogP contribution in [0.1, 0.15) is 60.3 Å². The lowest BCUT2D eigenvalue weighted by atomic mass is 9.79. The minimum Gasteiger partial charge on any atom is -0.444 e. The highest BCUT2D eigenvalue weighted by atomic mass is 32.2. The molecule has 190 valence electrons. The van der Waals surface area contributed by atoms with Crippen molar-refractivity contribution >= 4 is 28.5 Å². The van der Waals surface area contributed by atoms with Crippen LogP contribution in [0.5, 0.6) is 0 Å². The Labute approximate surface area is 207 Å². The van der Waals surface area contributed by atoms with Crippen LogP contribution in [0.2, 0.25) is 0 Å². The van der Waals surface area contributed by atoms with E-state index in [-0.39, 0.29) is 18.1 Å². The molecule has 0 bridgehead atoms. The van der Waals surface area contributed by atoms with Gasteiger partial charge in [-0.3, -0.25) is 4.90 Å². The normalized spacial score (nSPS) is 23.3. The number of carbonyl (C=O) groups is 1. The number of imidazole rings is 1. The van der Waals surface area contributed by atoms with Crippen LogP contribution in [0.4, 0.5) is 4.79 Å². The van der Waals surface area contributed by atoms with E-state index in [1.54, 1.807) is 27.0 Å². The van der Waals surface area contributed by atoms with Gasteiger partial charge in [0.15, 0.2) is 9.84 Å². The second-order valence-corrected chi connectivity index (χ2v) is 13.4. The monoisotopic (exact) mass is 503 g/mol. The zero-order valence-corrected chi connectivity index (χ0v) is 22.2. The van der Waals surface area contributed by atoms with Crippen molar-refractivity contribution in [1.29, 1.82) is 0 Å². The van der Waals surface area contributed by atoms with Crippen molar-refractivity contribution < 1.29 is 27.3 Å². The molecule has 0 aliphatic carbocycles. The largest absolute Gasteiger partial charge is 0.494 e. The first-order valence-corrected chi connectivity index (χ1v) is 13.6. The van der Waals surface area contributed by atoms with E-state index in [9.17, 15) is 13.2 Å². The number of carbonyl (C=O) groups excluding carboxylic acids is 1. The van der Waals surface area contributed by atoms with Gasteiger partial charge in [0.2, 0.25) is 0 Å². The van der Waals surface area contributed by atoms with Gasteiger partial charge < -0.3 is 19.0 Å².